The molecule has 24 heavy (non-hydrogen) atoms. The van der Waals surface area contributed by atoms with Crippen LogP contribution in [-0.2, 0) is 18.6 Å². The number of rotatable bonds is 9. The number of phosphoric ester groups is 1. The Kier molecular flexibility index (Phi) is 13.3. The molecule has 12 heteroatoms. The van der Waals surface area contributed by atoms with Gasteiger partial charge in [0.15, 0.2) is 6.29 Å². The Morgan fingerprint density at radius 3 is 2.21 bits per heavy atom. The first-order chi connectivity index (χ1) is 10.3. The summed E-state index contributed by atoms with van der Waals surface area (Å²) in [5, 5.41) is 29.2. The summed E-state index contributed by atoms with van der Waals surface area (Å²) < 4.78 is 25.6. The molecular weight excluding hydrogens is 347 g/mol. The predicted octanol–water partition coefficient (Wildman–Crippen LogP) is -0.176. The zero-order valence-corrected chi connectivity index (χ0v) is 14.8. The minimum Gasteiger partial charge on any atom is -0.394 e. The second-order valence-electron chi connectivity index (χ2n) is 5.20. The molecule has 1 aliphatic rings. The summed E-state index contributed by atoms with van der Waals surface area (Å²) in [5.74, 6) is 0. The van der Waals surface area contributed by atoms with Crippen molar-refractivity contribution in [3.05, 3.63) is 0 Å². The summed E-state index contributed by atoms with van der Waals surface area (Å²) in [6, 6.07) is 0. The van der Waals surface area contributed by atoms with Crippen LogP contribution in [0.3, 0.4) is 0 Å². The summed E-state index contributed by atoms with van der Waals surface area (Å²) in [7, 11) is -4.90. The summed E-state index contributed by atoms with van der Waals surface area (Å²) >= 11 is 0. The predicted molar refractivity (Wildman–Crippen MR) is 84.8 cm³/mol. The highest BCUT2D eigenvalue weighted by Gasteiger charge is 2.47. The van der Waals surface area contributed by atoms with Crippen molar-refractivity contribution >= 4 is 7.82 Å². The molecule has 1 heterocycles. The lowest BCUT2D eigenvalue weighted by molar-refractivity contribution is -0.288. The van der Waals surface area contributed by atoms with Crippen molar-refractivity contribution < 1.29 is 43.7 Å². The van der Waals surface area contributed by atoms with E-state index in [1.807, 2.05) is 0 Å². The molecule has 0 aliphatic carbocycles. The maximum absolute atomic E-state index is 10.9. The molecule has 1 fully saturated rings. The highest BCUT2D eigenvalue weighted by Crippen LogP contribution is 2.40. The van der Waals surface area contributed by atoms with Crippen molar-refractivity contribution in [2.45, 2.75) is 63.3 Å². The standard InChI is InChI=1S/C12H25O9P.2H3N/c1-2-3-4-5-6-19-11-9(14)8(7-13)20-12(10(11)15)21-22(16,17)18;;/h8-15H,2-7H2,1H3,(H2,16,17,18);2*1H3/t8-,9-,10-,11+,12-;;/m1../s1. The fourth-order valence-corrected chi connectivity index (χ4v) is 2.67. The zero-order valence-electron chi connectivity index (χ0n) is 13.9. The van der Waals surface area contributed by atoms with Crippen molar-refractivity contribution in [2.24, 2.45) is 0 Å². The molecule has 11 N–H and O–H groups in total. The number of ether oxygens (including phenoxy) is 2. The lowest BCUT2D eigenvalue weighted by Gasteiger charge is -2.41. The largest absolute Gasteiger partial charge is 0.472 e. The third kappa shape index (κ3) is 8.28. The van der Waals surface area contributed by atoms with Gasteiger partial charge in [0, 0.05) is 6.61 Å². The van der Waals surface area contributed by atoms with E-state index in [0.29, 0.717) is 0 Å². The van der Waals surface area contributed by atoms with E-state index >= 15 is 0 Å². The maximum Gasteiger partial charge on any atom is 0.472 e. The minimum absolute atomic E-state index is 0. The van der Waals surface area contributed by atoms with Crippen LogP contribution in [0.15, 0.2) is 0 Å². The van der Waals surface area contributed by atoms with Gasteiger partial charge in [0.05, 0.1) is 6.61 Å². The third-order valence-electron chi connectivity index (χ3n) is 3.37. The van der Waals surface area contributed by atoms with Crippen LogP contribution < -0.4 is 12.3 Å². The number of unbranched alkanes of at least 4 members (excludes halogenated alkanes) is 3. The lowest BCUT2D eigenvalue weighted by Crippen LogP contribution is -2.59. The first-order valence-electron chi connectivity index (χ1n) is 7.28. The Balaban J connectivity index is 0. The van der Waals surface area contributed by atoms with Crippen molar-refractivity contribution in [2.75, 3.05) is 13.2 Å². The Morgan fingerprint density at radius 1 is 1.08 bits per heavy atom. The van der Waals surface area contributed by atoms with Crippen molar-refractivity contribution in [3.8, 4) is 0 Å². The molecule has 0 spiro atoms. The van der Waals surface area contributed by atoms with E-state index < -0.39 is 45.1 Å². The van der Waals surface area contributed by atoms with E-state index in [2.05, 4.69) is 11.4 Å². The summed E-state index contributed by atoms with van der Waals surface area (Å²) in [6.07, 6.45) is -3.21. The van der Waals surface area contributed by atoms with Gasteiger partial charge in [0.25, 0.3) is 0 Å². The Hall–Kier alpha value is -0.170. The van der Waals surface area contributed by atoms with Crippen LogP contribution in [0.4, 0.5) is 0 Å². The first kappa shape index (κ1) is 26.1. The third-order valence-corrected chi connectivity index (χ3v) is 3.85. The average molecular weight is 378 g/mol. The fraction of sp³-hybridized carbons (Fsp3) is 1.00. The molecule has 0 saturated carbocycles. The van der Waals surface area contributed by atoms with Gasteiger partial charge in [-0.15, -0.1) is 0 Å². The molecule has 0 radical (unpaired) electrons. The van der Waals surface area contributed by atoms with Crippen LogP contribution in [0.25, 0.3) is 0 Å². The van der Waals surface area contributed by atoms with Crippen molar-refractivity contribution in [1.82, 2.24) is 12.3 Å². The van der Waals surface area contributed by atoms with Gasteiger partial charge >= 0.3 is 7.82 Å². The van der Waals surface area contributed by atoms with E-state index in [-0.39, 0.29) is 18.9 Å². The summed E-state index contributed by atoms with van der Waals surface area (Å²) in [6.45, 7) is 1.72. The molecule has 0 unspecified atom stereocenters. The van der Waals surface area contributed by atoms with Crippen LogP contribution in [-0.4, -0.2) is 69.0 Å². The Bertz CT molecular complexity index is 370. The molecule has 0 amide bonds. The number of phosphoric acid groups is 1. The van der Waals surface area contributed by atoms with E-state index in [1.54, 1.807) is 0 Å². The van der Waals surface area contributed by atoms with E-state index in [4.69, 9.17) is 24.4 Å². The zero-order chi connectivity index (χ0) is 16.8. The SMILES string of the molecule is CCCCCCO[C@@H]1[C@@H](O)[C@@H](OP(=O)(O)O)O[C@H](CO)[C@H]1O.N.N. The van der Waals surface area contributed by atoms with Gasteiger partial charge in [-0.05, 0) is 6.42 Å². The van der Waals surface area contributed by atoms with Gasteiger partial charge in [0.1, 0.15) is 24.4 Å². The summed E-state index contributed by atoms with van der Waals surface area (Å²) in [5.41, 5.74) is 0. The minimum atomic E-state index is -4.90. The lowest BCUT2D eigenvalue weighted by atomic mass is 9.99. The number of aliphatic hydroxyl groups excluding tert-OH is 3. The topological polar surface area (TPSA) is 216 Å². The first-order valence-corrected chi connectivity index (χ1v) is 8.81. The molecule has 0 aromatic rings. The fourth-order valence-electron chi connectivity index (χ4n) is 2.22. The van der Waals surface area contributed by atoms with Gasteiger partial charge in [-0.3, -0.25) is 4.52 Å². The van der Waals surface area contributed by atoms with Crippen LogP contribution in [0.1, 0.15) is 32.6 Å². The van der Waals surface area contributed by atoms with Gasteiger partial charge in [-0.25, -0.2) is 4.57 Å². The monoisotopic (exact) mass is 378 g/mol. The van der Waals surface area contributed by atoms with Gasteiger partial charge < -0.3 is 46.9 Å². The van der Waals surface area contributed by atoms with Gasteiger partial charge in [0.2, 0.25) is 0 Å². The second-order valence-corrected chi connectivity index (χ2v) is 6.39. The second kappa shape index (κ2) is 12.2. The molecule has 0 bridgehead atoms. The van der Waals surface area contributed by atoms with Crippen LogP contribution >= 0.6 is 7.82 Å². The van der Waals surface area contributed by atoms with E-state index in [9.17, 15) is 14.8 Å². The molecule has 5 atom stereocenters. The average Bonchev–Trinajstić information content (AvgIpc) is 2.43. The molecule has 1 rings (SSSR count). The van der Waals surface area contributed by atoms with Gasteiger partial charge in [-0.1, -0.05) is 26.2 Å². The Morgan fingerprint density at radius 2 is 1.71 bits per heavy atom. The number of hydrogen-bond acceptors (Lipinski definition) is 9. The van der Waals surface area contributed by atoms with Crippen LogP contribution in [0.5, 0.6) is 0 Å². The smallest absolute Gasteiger partial charge is 0.394 e. The number of aliphatic hydroxyl groups is 3. The Labute approximate surface area is 141 Å². The van der Waals surface area contributed by atoms with Crippen molar-refractivity contribution in [1.29, 1.82) is 0 Å². The normalized spacial score (nSPS) is 30.3. The van der Waals surface area contributed by atoms with E-state index in [1.165, 1.54) is 0 Å². The van der Waals surface area contributed by atoms with Crippen molar-refractivity contribution in [3.63, 3.8) is 0 Å². The highest BCUT2D eigenvalue weighted by molar-refractivity contribution is 7.46. The number of hydrogen-bond donors (Lipinski definition) is 7. The quantitative estimate of drug-likeness (QED) is 0.206. The van der Waals surface area contributed by atoms with Crippen LogP contribution in [0.2, 0.25) is 0 Å². The molecule has 1 saturated heterocycles. The highest BCUT2D eigenvalue weighted by atomic mass is 31.2. The molecule has 0 aromatic heterocycles. The summed E-state index contributed by atoms with van der Waals surface area (Å²) in [4.78, 5) is 17.6. The van der Waals surface area contributed by atoms with Gasteiger partial charge in [-0.2, -0.15) is 0 Å². The molecular formula is C12H31N2O9P. The molecule has 11 nitrogen and oxygen atoms in total. The molecule has 1 aliphatic heterocycles. The maximum atomic E-state index is 10.9. The molecule has 0 aromatic carbocycles. The van der Waals surface area contributed by atoms with Crippen LogP contribution in [0, 0.1) is 0 Å². The van der Waals surface area contributed by atoms with E-state index in [0.717, 1.165) is 25.7 Å². The molecule has 148 valence electrons.